The van der Waals surface area contributed by atoms with Gasteiger partial charge in [0, 0.05) is 28.9 Å². The first kappa shape index (κ1) is 19.9. The molecule has 1 atom stereocenters. The molecule has 1 unspecified atom stereocenters. The largest absolute Gasteiger partial charge is 0.293 e. The average molecular weight is 449 g/mol. The number of thiophene rings is 2. The monoisotopic (exact) mass is 448 g/mol. The van der Waals surface area contributed by atoms with E-state index < -0.39 is 22.7 Å². The molecule has 0 fully saturated rings. The Bertz CT molecular complexity index is 1280. The molecule has 29 heavy (non-hydrogen) atoms. The number of aromatic nitrogens is 2. The highest BCUT2D eigenvalue weighted by Gasteiger charge is 2.23. The summed E-state index contributed by atoms with van der Waals surface area (Å²) < 4.78 is 28.5. The number of hydrogen-bond donors (Lipinski definition) is 0. The maximum atomic E-state index is 14.0. The summed E-state index contributed by atoms with van der Waals surface area (Å²) in [6.07, 6.45) is 0. The number of rotatable bonds is 5. The van der Waals surface area contributed by atoms with Crippen molar-refractivity contribution in [1.29, 1.82) is 0 Å². The molecule has 0 aliphatic carbocycles. The highest BCUT2D eigenvalue weighted by atomic mass is 32.2. The highest BCUT2D eigenvalue weighted by molar-refractivity contribution is 8.00. The van der Waals surface area contributed by atoms with Crippen molar-refractivity contribution in [2.24, 2.45) is 7.05 Å². The average Bonchev–Trinajstić information content (AvgIpc) is 3.34. The second kappa shape index (κ2) is 7.81. The summed E-state index contributed by atoms with van der Waals surface area (Å²) in [5.74, 6) is -2.14. The Morgan fingerprint density at radius 3 is 2.72 bits per heavy atom. The van der Waals surface area contributed by atoms with E-state index in [0.29, 0.717) is 21.4 Å². The zero-order valence-corrected chi connectivity index (χ0v) is 17.8. The van der Waals surface area contributed by atoms with Gasteiger partial charge in [0.05, 0.1) is 16.2 Å². The number of benzene rings is 1. The number of nitrogens with zero attached hydrogens (tertiary/aromatic N) is 2. The van der Waals surface area contributed by atoms with Crippen LogP contribution in [0.25, 0.3) is 20.7 Å². The highest BCUT2D eigenvalue weighted by Crippen LogP contribution is 2.35. The summed E-state index contributed by atoms with van der Waals surface area (Å²) >= 11 is 3.99. The first-order valence-corrected chi connectivity index (χ1v) is 11.2. The molecule has 0 saturated heterocycles. The second-order valence-corrected chi connectivity index (χ2v) is 9.43. The number of Topliss-reactive ketones (excluding diaryl/α,β-unsaturated/α-hetero) is 1. The molecule has 0 saturated carbocycles. The molecule has 0 N–H and O–H groups in total. The lowest BCUT2D eigenvalue weighted by Gasteiger charge is -2.13. The fourth-order valence-electron chi connectivity index (χ4n) is 2.89. The summed E-state index contributed by atoms with van der Waals surface area (Å²) in [7, 11) is 1.60. The van der Waals surface area contributed by atoms with Crippen LogP contribution in [-0.2, 0) is 7.05 Å². The van der Waals surface area contributed by atoms with Crippen molar-refractivity contribution in [3.8, 4) is 10.4 Å². The molecule has 0 spiro atoms. The molecule has 0 aliphatic rings. The van der Waals surface area contributed by atoms with Crippen molar-refractivity contribution in [1.82, 2.24) is 9.55 Å². The Balaban J connectivity index is 1.69. The van der Waals surface area contributed by atoms with Gasteiger partial charge in [-0.3, -0.25) is 14.2 Å². The first-order chi connectivity index (χ1) is 13.9. The summed E-state index contributed by atoms with van der Waals surface area (Å²) in [5, 5.41) is 4.06. The van der Waals surface area contributed by atoms with E-state index in [0.717, 1.165) is 34.3 Å². The Hall–Kier alpha value is -2.36. The molecule has 4 nitrogen and oxygen atoms in total. The van der Waals surface area contributed by atoms with Crippen molar-refractivity contribution in [3.63, 3.8) is 0 Å². The Kier molecular flexibility index (Phi) is 5.37. The maximum absolute atomic E-state index is 14.0. The number of fused-ring (bicyclic) bond motifs is 1. The number of carbonyl (C=O) groups excluding carboxylic acids is 1. The summed E-state index contributed by atoms with van der Waals surface area (Å²) in [5.41, 5.74) is 0.463. The van der Waals surface area contributed by atoms with Crippen LogP contribution in [0.1, 0.15) is 17.3 Å². The van der Waals surface area contributed by atoms with Gasteiger partial charge in [0.15, 0.2) is 10.9 Å². The van der Waals surface area contributed by atoms with Gasteiger partial charge >= 0.3 is 0 Å². The molecular formula is C20H14F2N2O2S3. The molecule has 148 valence electrons. The third-order valence-corrected chi connectivity index (χ3v) is 7.33. The molecule has 0 radical (unpaired) electrons. The predicted molar refractivity (Wildman–Crippen MR) is 114 cm³/mol. The SMILES string of the molecule is CC(Sc1nc2scc(-c3cccs3)c2c(=O)n1C)C(=O)c1ccc(F)cc1F. The van der Waals surface area contributed by atoms with Crippen LogP contribution in [0, 0.1) is 11.6 Å². The van der Waals surface area contributed by atoms with E-state index in [1.807, 2.05) is 22.9 Å². The first-order valence-electron chi connectivity index (χ1n) is 8.55. The van der Waals surface area contributed by atoms with Crippen LogP contribution in [0.3, 0.4) is 0 Å². The van der Waals surface area contributed by atoms with Crippen LogP contribution < -0.4 is 5.56 Å². The maximum Gasteiger partial charge on any atom is 0.263 e. The molecule has 4 rings (SSSR count). The predicted octanol–water partition coefficient (Wildman–Crippen LogP) is 5.37. The second-order valence-electron chi connectivity index (χ2n) is 6.31. The lowest BCUT2D eigenvalue weighted by molar-refractivity contribution is 0.0990. The van der Waals surface area contributed by atoms with Crippen LogP contribution in [0.5, 0.6) is 0 Å². The molecule has 1 aromatic carbocycles. The van der Waals surface area contributed by atoms with Crippen molar-refractivity contribution in [2.45, 2.75) is 17.3 Å². The minimum Gasteiger partial charge on any atom is -0.293 e. The Morgan fingerprint density at radius 2 is 2.03 bits per heavy atom. The number of hydrogen-bond acceptors (Lipinski definition) is 6. The Morgan fingerprint density at radius 1 is 1.24 bits per heavy atom. The van der Waals surface area contributed by atoms with Crippen LogP contribution in [0.4, 0.5) is 8.78 Å². The van der Waals surface area contributed by atoms with Gasteiger partial charge in [-0.25, -0.2) is 13.8 Å². The fraction of sp³-hybridized carbons (Fsp3) is 0.150. The number of halogens is 2. The molecule has 0 bridgehead atoms. The standard InChI is InChI=1S/C20H14F2N2O2S3/c1-10(17(25)12-6-5-11(21)8-14(12)22)29-20-23-18-16(19(26)24(20)2)13(9-28-18)15-4-3-7-27-15/h3-10H,1-2H3. The molecule has 9 heteroatoms. The molecular weight excluding hydrogens is 434 g/mol. The topological polar surface area (TPSA) is 52.0 Å². The number of carbonyl (C=O) groups is 1. The number of thioether (sulfide) groups is 1. The van der Waals surface area contributed by atoms with E-state index >= 15 is 0 Å². The molecule has 3 aromatic heterocycles. The van der Waals surface area contributed by atoms with Gasteiger partial charge in [0.1, 0.15) is 16.5 Å². The fourth-order valence-corrected chi connectivity index (χ4v) is 5.64. The Labute approximate surface area is 176 Å². The molecule has 3 heterocycles. The van der Waals surface area contributed by atoms with Crippen LogP contribution in [-0.4, -0.2) is 20.6 Å². The quantitative estimate of drug-likeness (QED) is 0.234. The van der Waals surface area contributed by atoms with Crippen LogP contribution >= 0.6 is 34.4 Å². The van der Waals surface area contributed by atoms with E-state index in [4.69, 9.17) is 0 Å². The van der Waals surface area contributed by atoms with E-state index in [9.17, 15) is 18.4 Å². The van der Waals surface area contributed by atoms with E-state index in [1.54, 1.807) is 25.3 Å². The van der Waals surface area contributed by atoms with Crippen LogP contribution in [0.2, 0.25) is 0 Å². The number of ketones is 1. The molecule has 0 aliphatic heterocycles. The van der Waals surface area contributed by atoms with Crippen molar-refractivity contribution < 1.29 is 13.6 Å². The van der Waals surface area contributed by atoms with Gasteiger partial charge < -0.3 is 0 Å². The minimum absolute atomic E-state index is 0.186. The summed E-state index contributed by atoms with van der Waals surface area (Å²) in [6, 6.07) is 6.74. The van der Waals surface area contributed by atoms with Gasteiger partial charge in [0.2, 0.25) is 0 Å². The third-order valence-electron chi connectivity index (χ3n) is 4.41. The summed E-state index contributed by atoms with van der Waals surface area (Å²) in [4.78, 5) is 31.7. The summed E-state index contributed by atoms with van der Waals surface area (Å²) in [6.45, 7) is 1.61. The lowest BCUT2D eigenvalue weighted by atomic mass is 10.1. The molecule has 0 amide bonds. The van der Waals surface area contributed by atoms with E-state index in [2.05, 4.69) is 4.98 Å². The van der Waals surface area contributed by atoms with E-state index in [1.165, 1.54) is 15.9 Å². The van der Waals surface area contributed by atoms with E-state index in [-0.39, 0.29) is 11.1 Å². The van der Waals surface area contributed by atoms with Gasteiger partial charge in [-0.05, 0) is 30.5 Å². The van der Waals surface area contributed by atoms with Crippen molar-refractivity contribution in [3.05, 3.63) is 68.6 Å². The minimum atomic E-state index is -0.904. The van der Waals surface area contributed by atoms with Gasteiger partial charge in [0.25, 0.3) is 5.56 Å². The van der Waals surface area contributed by atoms with Crippen molar-refractivity contribution in [2.75, 3.05) is 0 Å². The van der Waals surface area contributed by atoms with Gasteiger partial charge in [-0.1, -0.05) is 17.8 Å². The smallest absolute Gasteiger partial charge is 0.263 e. The van der Waals surface area contributed by atoms with Crippen molar-refractivity contribution >= 4 is 50.4 Å². The molecule has 4 aromatic rings. The van der Waals surface area contributed by atoms with Gasteiger partial charge in [-0.2, -0.15) is 0 Å². The van der Waals surface area contributed by atoms with Gasteiger partial charge in [-0.15, -0.1) is 22.7 Å². The zero-order valence-electron chi connectivity index (χ0n) is 15.3. The third kappa shape index (κ3) is 3.65. The van der Waals surface area contributed by atoms with Crippen LogP contribution in [0.15, 0.2) is 51.0 Å². The lowest BCUT2D eigenvalue weighted by Crippen LogP contribution is -2.22. The normalized spacial score (nSPS) is 12.4. The zero-order chi connectivity index (χ0) is 20.7.